The van der Waals surface area contributed by atoms with Gasteiger partial charge in [-0.3, -0.25) is 0 Å². The quantitative estimate of drug-likeness (QED) is 0.563. The molecule has 0 spiro atoms. The van der Waals surface area contributed by atoms with Crippen molar-refractivity contribution < 1.29 is 13.2 Å². The van der Waals surface area contributed by atoms with Crippen LogP contribution < -0.4 is 10.5 Å². The van der Waals surface area contributed by atoms with Gasteiger partial charge in [0.1, 0.15) is 0 Å². The minimum atomic E-state index is -3.29. The molecule has 20 heavy (non-hydrogen) atoms. The highest BCUT2D eigenvalue weighted by Gasteiger charge is 2.20. The number of nitrogen functional groups attached to an aromatic ring is 1. The van der Waals surface area contributed by atoms with E-state index >= 15 is 0 Å². The largest absolute Gasteiger partial charge is 0.399 e. The van der Waals surface area contributed by atoms with E-state index in [-0.39, 0.29) is 12.3 Å². The summed E-state index contributed by atoms with van der Waals surface area (Å²) in [4.78, 5) is 0.970. The molecule has 0 bridgehead atoms. The molecule has 0 saturated heterocycles. The Bertz CT molecular complexity index is 530. The third-order valence-corrected chi connectivity index (χ3v) is 5.33. The van der Waals surface area contributed by atoms with Crippen LogP contribution in [0.1, 0.15) is 13.8 Å². The second-order valence-electron chi connectivity index (χ2n) is 5.02. The summed E-state index contributed by atoms with van der Waals surface area (Å²) in [6.45, 7) is 3.92. The lowest BCUT2D eigenvalue weighted by Crippen LogP contribution is -2.40. The zero-order valence-corrected chi connectivity index (χ0v) is 13.7. The van der Waals surface area contributed by atoms with Crippen LogP contribution in [0.25, 0.3) is 0 Å². The Kier molecular flexibility index (Phi) is 6.32. The second kappa shape index (κ2) is 7.31. The predicted molar refractivity (Wildman–Crippen MR) is 84.5 cm³/mol. The van der Waals surface area contributed by atoms with Crippen LogP contribution in [0.3, 0.4) is 0 Å². The van der Waals surface area contributed by atoms with Crippen molar-refractivity contribution in [2.45, 2.75) is 24.3 Å². The van der Waals surface area contributed by atoms with E-state index in [0.717, 1.165) is 4.90 Å². The van der Waals surface area contributed by atoms with Gasteiger partial charge in [0, 0.05) is 30.0 Å². The van der Waals surface area contributed by atoms with Gasteiger partial charge in [-0.15, -0.1) is 11.8 Å². The van der Waals surface area contributed by atoms with Gasteiger partial charge in [0.2, 0.25) is 10.0 Å². The molecule has 0 heterocycles. The van der Waals surface area contributed by atoms with Gasteiger partial charge in [-0.25, -0.2) is 13.1 Å². The molecule has 3 N–H and O–H groups in total. The molecule has 0 aromatic heterocycles. The van der Waals surface area contributed by atoms with E-state index in [1.165, 1.54) is 11.8 Å². The number of methoxy groups -OCH3 is 1. The van der Waals surface area contributed by atoms with Gasteiger partial charge in [0.25, 0.3) is 0 Å². The fourth-order valence-electron chi connectivity index (χ4n) is 1.30. The third-order valence-electron chi connectivity index (χ3n) is 2.75. The van der Waals surface area contributed by atoms with Crippen LogP contribution in [-0.4, -0.2) is 39.2 Å². The summed E-state index contributed by atoms with van der Waals surface area (Å²) in [7, 11) is -1.73. The maximum atomic E-state index is 11.8. The lowest BCUT2D eigenvalue weighted by Gasteiger charge is -2.22. The highest BCUT2D eigenvalue weighted by Crippen LogP contribution is 2.20. The van der Waals surface area contributed by atoms with E-state index in [0.29, 0.717) is 11.4 Å². The number of hydrogen-bond donors (Lipinski definition) is 2. The molecule has 5 nitrogen and oxygen atoms in total. The number of nitrogens with two attached hydrogens (primary N) is 1. The van der Waals surface area contributed by atoms with E-state index in [1.807, 2.05) is 32.0 Å². The lowest BCUT2D eigenvalue weighted by atomic mass is 10.1. The maximum Gasteiger partial charge on any atom is 0.212 e. The van der Waals surface area contributed by atoms with Crippen molar-refractivity contribution in [3.63, 3.8) is 0 Å². The Balaban J connectivity index is 2.40. The maximum absolute atomic E-state index is 11.8. The molecule has 1 rings (SSSR count). The first kappa shape index (κ1) is 17.3. The normalized spacial score (nSPS) is 12.6. The van der Waals surface area contributed by atoms with Crippen LogP contribution in [0.4, 0.5) is 5.69 Å². The van der Waals surface area contributed by atoms with Crippen LogP contribution in [0, 0.1) is 0 Å². The smallest absolute Gasteiger partial charge is 0.212 e. The topological polar surface area (TPSA) is 81.4 Å². The van der Waals surface area contributed by atoms with Crippen LogP contribution in [-0.2, 0) is 14.8 Å². The minimum absolute atomic E-state index is 0.0618. The second-order valence-corrected chi connectivity index (χ2v) is 8.12. The fourth-order valence-corrected chi connectivity index (χ4v) is 3.85. The molecular weight excluding hydrogens is 296 g/mol. The first-order valence-corrected chi connectivity index (χ1v) is 8.89. The molecule has 1 aromatic rings. The summed E-state index contributed by atoms with van der Waals surface area (Å²) < 4.78 is 31.4. The average Bonchev–Trinajstić information content (AvgIpc) is 2.37. The Hall–Kier alpha value is -0.760. The molecule has 0 fully saturated rings. The van der Waals surface area contributed by atoms with Gasteiger partial charge in [-0.2, -0.15) is 0 Å². The van der Waals surface area contributed by atoms with Gasteiger partial charge < -0.3 is 10.5 Å². The summed E-state index contributed by atoms with van der Waals surface area (Å²) >= 11 is 1.47. The molecule has 0 aliphatic heterocycles. The monoisotopic (exact) mass is 318 g/mol. The Labute approximate surface area is 125 Å². The molecule has 0 atom stereocenters. The van der Waals surface area contributed by atoms with Gasteiger partial charge in [0.05, 0.1) is 11.4 Å². The van der Waals surface area contributed by atoms with E-state index in [1.54, 1.807) is 13.2 Å². The molecular formula is C13H22N2O3S2. The van der Waals surface area contributed by atoms with E-state index in [4.69, 9.17) is 10.5 Å². The zero-order chi connectivity index (χ0) is 15.2. The molecule has 0 unspecified atom stereocenters. The van der Waals surface area contributed by atoms with Crippen molar-refractivity contribution >= 4 is 27.5 Å². The number of benzene rings is 1. The summed E-state index contributed by atoms with van der Waals surface area (Å²) in [5, 5.41) is 0. The van der Waals surface area contributed by atoms with Crippen molar-refractivity contribution in [2.75, 3.05) is 30.9 Å². The Morgan fingerprint density at radius 3 is 2.70 bits per heavy atom. The molecule has 1 aromatic carbocycles. The van der Waals surface area contributed by atoms with Crippen LogP contribution >= 0.6 is 11.8 Å². The molecule has 0 aliphatic carbocycles. The SMILES string of the molecule is COC(C)(C)CNS(=O)(=O)CCSc1cccc(N)c1. The van der Waals surface area contributed by atoms with Crippen molar-refractivity contribution in [3.8, 4) is 0 Å². The lowest BCUT2D eigenvalue weighted by molar-refractivity contribution is 0.0276. The zero-order valence-electron chi connectivity index (χ0n) is 12.0. The average molecular weight is 318 g/mol. The Morgan fingerprint density at radius 1 is 1.40 bits per heavy atom. The number of anilines is 1. The van der Waals surface area contributed by atoms with Crippen LogP contribution in [0.15, 0.2) is 29.2 Å². The molecule has 0 radical (unpaired) electrons. The molecule has 114 valence electrons. The molecule has 0 aliphatic rings. The number of hydrogen-bond acceptors (Lipinski definition) is 5. The van der Waals surface area contributed by atoms with Gasteiger partial charge in [-0.1, -0.05) is 6.07 Å². The minimum Gasteiger partial charge on any atom is -0.399 e. The summed E-state index contributed by atoms with van der Waals surface area (Å²) in [5.74, 6) is 0.540. The molecule has 0 saturated carbocycles. The van der Waals surface area contributed by atoms with Gasteiger partial charge >= 0.3 is 0 Å². The van der Waals surface area contributed by atoms with Crippen LogP contribution in [0.2, 0.25) is 0 Å². The first-order valence-electron chi connectivity index (χ1n) is 6.25. The summed E-state index contributed by atoms with van der Waals surface area (Å²) in [6.07, 6.45) is 0. The molecule has 7 heteroatoms. The first-order chi connectivity index (χ1) is 9.24. The van der Waals surface area contributed by atoms with E-state index < -0.39 is 15.6 Å². The summed E-state index contributed by atoms with van der Waals surface area (Å²) in [5.41, 5.74) is 5.84. The van der Waals surface area contributed by atoms with Crippen LogP contribution in [0.5, 0.6) is 0 Å². The van der Waals surface area contributed by atoms with E-state index in [9.17, 15) is 8.42 Å². The number of rotatable bonds is 8. The number of ether oxygens (including phenoxy) is 1. The Morgan fingerprint density at radius 2 is 2.10 bits per heavy atom. The predicted octanol–water partition coefficient (Wildman–Crippen LogP) is 1.71. The van der Waals surface area contributed by atoms with E-state index in [2.05, 4.69) is 4.72 Å². The number of sulfonamides is 1. The number of nitrogens with one attached hydrogen (secondary N) is 1. The molecule has 0 amide bonds. The van der Waals surface area contributed by atoms with Crippen molar-refractivity contribution in [1.82, 2.24) is 4.72 Å². The van der Waals surface area contributed by atoms with Crippen molar-refractivity contribution in [2.24, 2.45) is 0 Å². The highest BCUT2D eigenvalue weighted by molar-refractivity contribution is 8.00. The van der Waals surface area contributed by atoms with Crippen molar-refractivity contribution in [3.05, 3.63) is 24.3 Å². The number of thioether (sulfide) groups is 1. The van der Waals surface area contributed by atoms with Crippen molar-refractivity contribution in [1.29, 1.82) is 0 Å². The fraction of sp³-hybridized carbons (Fsp3) is 0.538. The third kappa shape index (κ3) is 6.60. The highest BCUT2D eigenvalue weighted by atomic mass is 32.2. The standard InChI is InChI=1S/C13H22N2O3S2/c1-13(2,18-3)10-15-20(16,17)8-7-19-12-6-4-5-11(14)9-12/h4-6,9,15H,7-8,10,14H2,1-3H3. The van der Waals surface area contributed by atoms with Gasteiger partial charge in [-0.05, 0) is 32.0 Å². The summed E-state index contributed by atoms with van der Waals surface area (Å²) in [6, 6.07) is 7.40. The van der Waals surface area contributed by atoms with Gasteiger partial charge in [0.15, 0.2) is 0 Å².